The molecule has 0 saturated carbocycles. The summed E-state index contributed by atoms with van der Waals surface area (Å²) in [5.41, 5.74) is 5.32. The third-order valence-corrected chi connectivity index (χ3v) is 12.9. The molecule has 1 heterocycles. The number of hydrogen-bond acceptors (Lipinski definition) is 5. The number of amides is 1. The van der Waals surface area contributed by atoms with E-state index in [-0.39, 0.29) is 6.54 Å². The van der Waals surface area contributed by atoms with E-state index in [1.54, 1.807) is 27.8 Å². The zero-order valence-corrected chi connectivity index (χ0v) is 24.3. The van der Waals surface area contributed by atoms with E-state index in [0.29, 0.717) is 28.1 Å². The van der Waals surface area contributed by atoms with Crippen molar-refractivity contribution in [1.29, 1.82) is 0 Å². The molecule has 1 aromatic heterocycles. The van der Waals surface area contributed by atoms with Gasteiger partial charge in [-0.05, 0) is 65.5 Å². The number of anilines is 1. The molecule has 1 rings (SSSR count). The van der Waals surface area contributed by atoms with Crippen LogP contribution in [0, 0.1) is 11.5 Å². The summed E-state index contributed by atoms with van der Waals surface area (Å²) in [5.74, 6) is 3.96. The molecule has 0 aliphatic carbocycles. The van der Waals surface area contributed by atoms with Crippen molar-refractivity contribution in [1.82, 2.24) is 9.88 Å². The summed E-state index contributed by atoms with van der Waals surface area (Å²) >= 11 is 3.57. The van der Waals surface area contributed by atoms with E-state index in [0.717, 1.165) is 10.8 Å². The number of carbonyl (C=O) groups is 2. The van der Waals surface area contributed by atoms with Gasteiger partial charge in [-0.3, -0.25) is 4.90 Å². The highest BCUT2D eigenvalue weighted by atomic mass is 79.9. The van der Waals surface area contributed by atoms with Crippen molar-refractivity contribution in [3.05, 3.63) is 22.3 Å². The smallest absolute Gasteiger partial charge is 0.410 e. The highest BCUT2D eigenvalue weighted by Gasteiger charge is 2.41. The highest BCUT2D eigenvalue weighted by Crippen LogP contribution is 2.40. The largest absolute Gasteiger partial charge is 0.444 e. The molecular formula is C25H40BrN3O3Si. The van der Waals surface area contributed by atoms with Gasteiger partial charge in [0.1, 0.15) is 37.5 Å². The quantitative estimate of drug-likeness (QED) is 0.240. The van der Waals surface area contributed by atoms with Gasteiger partial charge in [0.05, 0.1) is 4.47 Å². The molecule has 0 saturated heterocycles. The van der Waals surface area contributed by atoms with Gasteiger partial charge in [-0.2, -0.15) is 0 Å². The molecule has 6 nitrogen and oxygen atoms in total. The Bertz CT molecular complexity index is 863. The summed E-state index contributed by atoms with van der Waals surface area (Å²) in [6.45, 7) is 19.3. The molecule has 1 aromatic rings. The van der Waals surface area contributed by atoms with Gasteiger partial charge in [0.15, 0.2) is 0 Å². The fourth-order valence-corrected chi connectivity index (χ4v) is 9.70. The second kappa shape index (κ2) is 12.0. The zero-order valence-electron chi connectivity index (χ0n) is 21.7. The lowest BCUT2D eigenvalue weighted by Gasteiger charge is -2.38. The first kappa shape index (κ1) is 29.2. The molecule has 33 heavy (non-hydrogen) atoms. The summed E-state index contributed by atoms with van der Waals surface area (Å²) in [5, 5.41) is 3.16. The Hall–Kier alpha value is -1.85. The third-order valence-electron chi connectivity index (χ3n) is 5.94. The first-order valence-electron chi connectivity index (χ1n) is 11.5. The van der Waals surface area contributed by atoms with Gasteiger partial charge in [-0.15, -0.1) is 5.54 Å². The lowest BCUT2D eigenvalue weighted by atomic mass is 10.2. The van der Waals surface area contributed by atoms with Crippen LogP contribution in [-0.2, 0) is 9.53 Å². The van der Waals surface area contributed by atoms with Gasteiger partial charge < -0.3 is 14.8 Å². The van der Waals surface area contributed by atoms with E-state index in [1.165, 1.54) is 4.90 Å². The van der Waals surface area contributed by atoms with Crippen molar-refractivity contribution in [2.75, 3.05) is 18.9 Å². The topological polar surface area (TPSA) is 71.5 Å². The van der Waals surface area contributed by atoms with Crippen LogP contribution in [0.2, 0.25) is 16.6 Å². The fraction of sp³-hybridized carbons (Fsp3) is 0.640. The molecule has 0 aromatic carbocycles. The average Bonchev–Trinajstić information content (AvgIpc) is 2.68. The maximum atomic E-state index is 12.3. The molecule has 0 radical (unpaired) electrons. The van der Waals surface area contributed by atoms with Crippen molar-refractivity contribution in [2.45, 2.75) is 90.6 Å². The van der Waals surface area contributed by atoms with Gasteiger partial charge in [0, 0.05) is 13.6 Å². The van der Waals surface area contributed by atoms with Crippen LogP contribution >= 0.6 is 15.9 Å². The normalized spacial score (nSPS) is 12.9. The van der Waals surface area contributed by atoms with Crippen molar-refractivity contribution in [3.63, 3.8) is 0 Å². The Morgan fingerprint density at radius 2 is 1.73 bits per heavy atom. The number of carbonyl (C=O) groups excluding carboxylic acids is 2. The van der Waals surface area contributed by atoms with Crippen molar-refractivity contribution < 1.29 is 14.3 Å². The van der Waals surface area contributed by atoms with Crippen LogP contribution in [0.4, 0.5) is 10.6 Å². The van der Waals surface area contributed by atoms with Crippen LogP contribution in [0.25, 0.3) is 0 Å². The van der Waals surface area contributed by atoms with E-state index in [4.69, 9.17) is 4.74 Å². The predicted molar refractivity (Wildman–Crippen MR) is 142 cm³/mol. The monoisotopic (exact) mass is 537 g/mol. The minimum absolute atomic E-state index is 0.212. The lowest BCUT2D eigenvalue weighted by molar-refractivity contribution is -0.111. The molecular weight excluding hydrogens is 498 g/mol. The Balaban J connectivity index is 3.10. The van der Waals surface area contributed by atoms with Crippen molar-refractivity contribution in [2.24, 2.45) is 0 Å². The molecule has 1 amide bonds. The van der Waals surface area contributed by atoms with Crippen molar-refractivity contribution in [3.8, 4) is 11.5 Å². The summed E-state index contributed by atoms with van der Waals surface area (Å²) < 4.78 is 6.19. The molecule has 0 bridgehead atoms. The summed E-state index contributed by atoms with van der Waals surface area (Å²) in [4.78, 5) is 29.9. The summed E-state index contributed by atoms with van der Waals surface area (Å²) in [6, 6.07) is 3.03. The summed E-state index contributed by atoms with van der Waals surface area (Å²) in [6.07, 6.45) is 0.179. The van der Waals surface area contributed by atoms with Gasteiger partial charge >= 0.3 is 6.09 Å². The Morgan fingerprint density at radius 3 is 2.18 bits per heavy atom. The minimum Gasteiger partial charge on any atom is -0.444 e. The molecule has 0 fully saturated rings. The Kier molecular flexibility index (Phi) is 10.6. The van der Waals surface area contributed by atoms with E-state index in [1.807, 2.05) is 12.1 Å². The minimum atomic E-state index is -1.89. The van der Waals surface area contributed by atoms with Crippen LogP contribution in [0.15, 0.2) is 16.6 Å². The van der Waals surface area contributed by atoms with Gasteiger partial charge in [-0.1, -0.05) is 47.5 Å². The second-order valence-corrected chi connectivity index (χ2v) is 16.8. The standard InChI is InChI=1S/C25H40BrN3O3Si/c1-17(2)33(18(3)4,19(5)6)14-13-22-21(26)11-12-23(28-22)27-15-20(16-30)29(10)24(31)32-25(7,8)9/h11-12,16-20H,15H2,1-10H3,(H,27,28). The van der Waals surface area contributed by atoms with Gasteiger partial charge in [0.2, 0.25) is 0 Å². The van der Waals surface area contributed by atoms with Gasteiger partial charge in [0.25, 0.3) is 0 Å². The number of nitrogens with one attached hydrogen (secondary N) is 1. The van der Waals surface area contributed by atoms with Crippen LogP contribution in [-0.4, -0.2) is 55.6 Å². The SMILES string of the molecule is CC(C)[Si](C#Cc1nc(NCC(C=O)N(C)C(=O)OC(C)(C)C)ccc1Br)(C(C)C)C(C)C. The number of likely N-dealkylation sites (N-methyl/N-ethyl adjacent to an activating group) is 1. The van der Waals surface area contributed by atoms with Crippen LogP contribution in [0.3, 0.4) is 0 Å². The number of aldehydes is 1. The number of aromatic nitrogens is 1. The molecule has 1 atom stereocenters. The number of hydrogen-bond donors (Lipinski definition) is 1. The van der Waals surface area contributed by atoms with Gasteiger partial charge in [-0.25, -0.2) is 9.78 Å². The zero-order chi connectivity index (χ0) is 25.6. The van der Waals surface area contributed by atoms with E-state index in [2.05, 4.69) is 79.2 Å². The number of rotatable bonds is 8. The molecule has 0 spiro atoms. The predicted octanol–water partition coefficient (Wildman–Crippen LogP) is 6.26. The van der Waals surface area contributed by atoms with Crippen LogP contribution in [0.1, 0.15) is 68.0 Å². The molecule has 184 valence electrons. The first-order valence-corrected chi connectivity index (χ1v) is 14.5. The number of pyridine rings is 1. The Labute approximate surface area is 209 Å². The van der Waals surface area contributed by atoms with E-state index < -0.39 is 25.8 Å². The van der Waals surface area contributed by atoms with Crippen molar-refractivity contribution >= 4 is 42.2 Å². The second-order valence-electron chi connectivity index (χ2n) is 10.3. The van der Waals surface area contributed by atoms with E-state index >= 15 is 0 Å². The van der Waals surface area contributed by atoms with Crippen LogP contribution in [0.5, 0.6) is 0 Å². The average molecular weight is 539 g/mol. The summed E-state index contributed by atoms with van der Waals surface area (Å²) in [7, 11) is -0.337. The number of halogens is 1. The van der Waals surface area contributed by atoms with E-state index in [9.17, 15) is 9.59 Å². The fourth-order valence-electron chi connectivity index (χ4n) is 4.18. The molecule has 8 heteroatoms. The molecule has 1 unspecified atom stereocenters. The first-order chi connectivity index (χ1) is 15.2. The molecule has 0 aliphatic rings. The maximum Gasteiger partial charge on any atom is 0.410 e. The van der Waals surface area contributed by atoms with Crippen LogP contribution < -0.4 is 5.32 Å². The lowest BCUT2D eigenvalue weighted by Crippen LogP contribution is -2.44. The number of nitrogens with zero attached hydrogens (tertiary/aromatic N) is 2. The molecule has 1 N–H and O–H groups in total. The number of ether oxygens (including phenoxy) is 1. The third kappa shape index (κ3) is 7.85. The molecule has 0 aliphatic heterocycles. The highest BCUT2D eigenvalue weighted by molar-refractivity contribution is 9.10. The maximum absolute atomic E-state index is 12.3. The Morgan fingerprint density at radius 1 is 1.18 bits per heavy atom.